The molecule has 42 heavy (non-hydrogen) atoms. The van der Waals surface area contributed by atoms with Crippen molar-refractivity contribution in [3.05, 3.63) is 86.2 Å². The molecule has 4 aromatic rings. The Hall–Kier alpha value is -4.35. The number of fused-ring (bicyclic) bond motifs is 1. The summed E-state index contributed by atoms with van der Waals surface area (Å²) in [5.41, 5.74) is 4.32. The van der Waals surface area contributed by atoms with Crippen LogP contribution in [0.5, 0.6) is 0 Å². The van der Waals surface area contributed by atoms with Gasteiger partial charge in [0.25, 0.3) is 11.5 Å². The molecule has 216 valence electrons. The van der Waals surface area contributed by atoms with E-state index in [2.05, 4.69) is 20.6 Å². The van der Waals surface area contributed by atoms with Crippen LogP contribution in [0.1, 0.15) is 44.6 Å². The van der Waals surface area contributed by atoms with Crippen LogP contribution in [0.4, 0.5) is 17.2 Å². The molecule has 3 aromatic heterocycles. The van der Waals surface area contributed by atoms with E-state index in [9.17, 15) is 14.4 Å². The lowest BCUT2D eigenvalue weighted by molar-refractivity contribution is -0.139. The van der Waals surface area contributed by atoms with E-state index in [0.29, 0.717) is 34.1 Å². The number of likely N-dealkylation sites (N-methyl/N-ethyl adjacent to an activating group) is 2. The minimum atomic E-state index is -0.336. The fourth-order valence-electron chi connectivity index (χ4n) is 5.50. The Morgan fingerprint density at radius 2 is 1.76 bits per heavy atom. The maximum absolute atomic E-state index is 13.0. The minimum Gasteiger partial charge on any atom is -0.343 e. The molecule has 2 amide bonds. The number of carbonyl (C=O) groups excluding carboxylic acids is 2. The van der Waals surface area contributed by atoms with Crippen LogP contribution < -0.4 is 16.2 Å². The van der Waals surface area contributed by atoms with Crippen molar-refractivity contribution < 1.29 is 9.59 Å². The molecule has 0 radical (unpaired) electrons. The van der Waals surface area contributed by atoms with Gasteiger partial charge in [-0.25, -0.2) is 4.98 Å². The summed E-state index contributed by atoms with van der Waals surface area (Å²) in [7, 11) is 5.44. The second kappa shape index (κ2) is 11.5. The molecule has 1 aromatic carbocycles. The van der Waals surface area contributed by atoms with E-state index in [1.54, 1.807) is 47.9 Å². The molecule has 1 aliphatic heterocycles. The van der Waals surface area contributed by atoms with E-state index in [1.165, 1.54) is 27.8 Å². The van der Waals surface area contributed by atoms with Crippen molar-refractivity contribution in [2.45, 2.75) is 31.7 Å². The summed E-state index contributed by atoms with van der Waals surface area (Å²) < 4.78 is 1.46. The first kappa shape index (κ1) is 27.8. The molecule has 1 aliphatic carbocycles. The van der Waals surface area contributed by atoms with Crippen molar-refractivity contribution in [3.63, 3.8) is 0 Å². The first-order valence-corrected chi connectivity index (χ1v) is 14.9. The smallest absolute Gasteiger partial charge is 0.293 e. The molecule has 0 bridgehead atoms. The van der Waals surface area contributed by atoms with Crippen LogP contribution >= 0.6 is 11.3 Å². The molecule has 2 aliphatic rings. The fraction of sp³-hybridized carbons (Fsp3) is 0.323. The van der Waals surface area contributed by atoms with E-state index in [1.807, 2.05) is 49.3 Å². The van der Waals surface area contributed by atoms with Gasteiger partial charge in [-0.2, -0.15) is 0 Å². The number of carbonyl (C=O) groups is 2. The molecule has 4 heterocycles. The van der Waals surface area contributed by atoms with Crippen LogP contribution in [0.25, 0.3) is 11.3 Å². The normalized spacial score (nSPS) is 17.2. The molecule has 1 atom stereocenters. The molecule has 1 fully saturated rings. The summed E-state index contributed by atoms with van der Waals surface area (Å²) in [6.45, 7) is 1.51. The number of hydrogen-bond acceptors (Lipinski definition) is 8. The number of amides is 2. The van der Waals surface area contributed by atoms with Crippen LogP contribution in [-0.4, -0.2) is 63.3 Å². The monoisotopic (exact) mass is 583 g/mol. The van der Waals surface area contributed by atoms with E-state index in [0.717, 1.165) is 24.9 Å². The molecule has 11 heteroatoms. The molecule has 0 spiro atoms. The van der Waals surface area contributed by atoms with Crippen molar-refractivity contribution >= 4 is 40.3 Å². The number of nitrogens with zero attached hydrogens (tertiary/aromatic N) is 5. The number of hydrogen-bond donors (Lipinski definition) is 2. The lowest BCUT2D eigenvalue weighted by Crippen LogP contribution is -2.48. The summed E-state index contributed by atoms with van der Waals surface area (Å²) in [4.78, 5) is 53.4. The van der Waals surface area contributed by atoms with Gasteiger partial charge >= 0.3 is 0 Å². The average molecular weight is 584 g/mol. The molecule has 1 saturated heterocycles. The summed E-state index contributed by atoms with van der Waals surface area (Å²) in [5.74, 6) is 0.0709. The molecule has 1 unspecified atom stereocenters. The average Bonchev–Trinajstić information content (AvgIpc) is 3.43. The highest BCUT2D eigenvalue weighted by molar-refractivity contribution is 7.14. The number of aryl methyl sites for hydroxylation is 3. The number of benzene rings is 1. The van der Waals surface area contributed by atoms with Crippen molar-refractivity contribution in [3.8, 4) is 11.3 Å². The molecular weight excluding hydrogens is 550 g/mol. The number of nitrogens with one attached hydrogen (secondary N) is 2. The molecule has 10 nitrogen and oxygen atoms in total. The predicted octanol–water partition coefficient (Wildman–Crippen LogP) is 4.22. The predicted molar refractivity (Wildman–Crippen MR) is 164 cm³/mol. The van der Waals surface area contributed by atoms with E-state index in [4.69, 9.17) is 0 Å². The highest BCUT2D eigenvalue weighted by Crippen LogP contribution is 2.31. The van der Waals surface area contributed by atoms with Gasteiger partial charge in [-0.05, 0) is 68.1 Å². The van der Waals surface area contributed by atoms with Gasteiger partial charge in [0.05, 0.1) is 22.5 Å². The van der Waals surface area contributed by atoms with Crippen molar-refractivity contribution in [1.82, 2.24) is 24.3 Å². The molecular formula is C31H33N7O3S. The van der Waals surface area contributed by atoms with Crippen LogP contribution in [0, 0.1) is 0 Å². The number of aromatic nitrogens is 3. The number of rotatable bonds is 6. The standard InChI is InChI=1S/C31H33N7O3S/c1-36-12-13-37(2)30(40)27(36)19-8-10-22(11-9-19)33-28-31(41)38(3)18-24(35-28)21-14-23(17-32-16-21)34-29(39)26-15-20-6-4-5-7-25(20)42-26/h8-11,14-18,27H,4-7,12-13H2,1-3H3,(H,33,35)(H,34,39). The van der Waals surface area contributed by atoms with Gasteiger partial charge in [-0.15, -0.1) is 11.3 Å². The zero-order valence-electron chi connectivity index (χ0n) is 23.9. The second-order valence-electron chi connectivity index (χ2n) is 11.0. The Morgan fingerprint density at radius 3 is 2.55 bits per heavy atom. The van der Waals surface area contributed by atoms with Crippen molar-refractivity contribution in [2.24, 2.45) is 7.05 Å². The van der Waals surface area contributed by atoms with Gasteiger partial charge in [0, 0.05) is 55.7 Å². The number of piperazine rings is 1. The Morgan fingerprint density at radius 1 is 0.976 bits per heavy atom. The topological polar surface area (TPSA) is 112 Å². The van der Waals surface area contributed by atoms with Gasteiger partial charge in [-0.3, -0.25) is 24.3 Å². The second-order valence-corrected chi connectivity index (χ2v) is 12.1. The summed E-state index contributed by atoms with van der Waals surface area (Å²) in [5, 5.41) is 6.10. The number of pyridine rings is 1. The third-order valence-corrected chi connectivity index (χ3v) is 9.15. The maximum Gasteiger partial charge on any atom is 0.293 e. The zero-order valence-corrected chi connectivity index (χ0v) is 24.7. The molecule has 2 N–H and O–H groups in total. The van der Waals surface area contributed by atoms with Crippen molar-refractivity contribution in [2.75, 3.05) is 37.8 Å². The number of thiophene rings is 1. The Bertz CT molecular complexity index is 1690. The Labute approximate surface area is 248 Å². The quantitative estimate of drug-likeness (QED) is 0.350. The molecule has 6 rings (SSSR count). The highest BCUT2D eigenvalue weighted by atomic mass is 32.1. The SMILES string of the molecule is CN1CCN(C)C(c2ccc(Nc3nc(-c4cncc(NC(=O)c5cc6c(s5)CCCC6)c4)cn(C)c3=O)cc2)C1=O. The summed E-state index contributed by atoms with van der Waals surface area (Å²) >= 11 is 1.57. The van der Waals surface area contributed by atoms with E-state index >= 15 is 0 Å². The zero-order chi connectivity index (χ0) is 29.4. The highest BCUT2D eigenvalue weighted by Gasteiger charge is 2.31. The van der Waals surface area contributed by atoms with Gasteiger partial charge in [-0.1, -0.05) is 12.1 Å². The van der Waals surface area contributed by atoms with Crippen LogP contribution in [-0.2, 0) is 24.7 Å². The summed E-state index contributed by atoms with van der Waals surface area (Å²) in [6, 6.07) is 11.0. The molecule has 0 saturated carbocycles. The Kier molecular flexibility index (Phi) is 7.61. The van der Waals surface area contributed by atoms with Gasteiger partial charge in [0.15, 0.2) is 5.82 Å². The van der Waals surface area contributed by atoms with Crippen molar-refractivity contribution in [1.29, 1.82) is 0 Å². The minimum absolute atomic E-state index is 0.0641. The number of anilines is 3. The third kappa shape index (κ3) is 5.57. The van der Waals surface area contributed by atoms with Gasteiger partial charge < -0.3 is 20.1 Å². The van der Waals surface area contributed by atoms with E-state index < -0.39 is 0 Å². The van der Waals surface area contributed by atoms with Gasteiger partial charge in [0.2, 0.25) is 5.91 Å². The fourth-order valence-corrected chi connectivity index (χ4v) is 6.65. The maximum atomic E-state index is 13.0. The lowest BCUT2D eigenvalue weighted by Gasteiger charge is -2.37. The largest absolute Gasteiger partial charge is 0.343 e. The van der Waals surface area contributed by atoms with Crippen LogP contribution in [0.2, 0.25) is 0 Å². The van der Waals surface area contributed by atoms with Crippen LogP contribution in [0.15, 0.2) is 59.8 Å². The summed E-state index contributed by atoms with van der Waals surface area (Å²) in [6.07, 6.45) is 9.31. The van der Waals surface area contributed by atoms with Crippen LogP contribution in [0.3, 0.4) is 0 Å². The first-order valence-electron chi connectivity index (χ1n) is 14.0. The first-order chi connectivity index (χ1) is 20.3. The lowest BCUT2D eigenvalue weighted by atomic mass is 9.99. The third-order valence-electron chi connectivity index (χ3n) is 7.91. The van der Waals surface area contributed by atoms with E-state index in [-0.39, 0.29) is 29.2 Å². The van der Waals surface area contributed by atoms with Gasteiger partial charge in [0.1, 0.15) is 6.04 Å². The Balaban J connectivity index is 1.20.